The molecule has 0 atom stereocenters. The maximum atomic E-state index is 4.51. The summed E-state index contributed by atoms with van der Waals surface area (Å²) in [5, 5.41) is 6.49. The fourth-order valence-electron chi connectivity index (χ4n) is 2.10. The Morgan fingerprint density at radius 3 is 2.67 bits per heavy atom. The SMILES string of the molecule is CCCN1CCN(N=Cc2ccccc2)C1=NC. The lowest BCUT2D eigenvalue weighted by molar-refractivity contribution is 0.459. The van der Waals surface area contributed by atoms with Crippen LogP contribution < -0.4 is 0 Å². The third-order valence-electron chi connectivity index (χ3n) is 2.93. The van der Waals surface area contributed by atoms with Crippen LogP contribution in [-0.4, -0.2) is 48.8 Å². The normalized spacial score (nSPS) is 18.2. The highest BCUT2D eigenvalue weighted by molar-refractivity contribution is 5.85. The molecule has 1 aromatic rings. The van der Waals surface area contributed by atoms with Crippen molar-refractivity contribution in [1.82, 2.24) is 9.91 Å². The second-order valence-electron chi connectivity index (χ2n) is 4.29. The van der Waals surface area contributed by atoms with Crippen molar-refractivity contribution in [2.24, 2.45) is 10.1 Å². The number of benzene rings is 1. The van der Waals surface area contributed by atoms with Crippen LogP contribution in [0.25, 0.3) is 0 Å². The zero-order chi connectivity index (χ0) is 12.8. The van der Waals surface area contributed by atoms with Gasteiger partial charge in [-0.1, -0.05) is 37.3 Å². The average Bonchev–Trinajstić information content (AvgIpc) is 2.80. The standard InChI is InChI=1S/C14H20N4/c1-3-9-17-10-11-18(14(17)15-2)16-12-13-7-5-4-6-8-13/h4-8,12H,3,9-11H2,1-2H3. The molecule has 0 aromatic heterocycles. The van der Waals surface area contributed by atoms with Gasteiger partial charge in [-0.2, -0.15) is 5.10 Å². The van der Waals surface area contributed by atoms with Crippen LogP contribution in [0.4, 0.5) is 0 Å². The molecule has 18 heavy (non-hydrogen) atoms. The lowest BCUT2D eigenvalue weighted by atomic mass is 10.2. The van der Waals surface area contributed by atoms with Gasteiger partial charge in [0, 0.05) is 20.1 Å². The van der Waals surface area contributed by atoms with Crippen molar-refractivity contribution in [3.63, 3.8) is 0 Å². The number of hydrogen-bond donors (Lipinski definition) is 0. The van der Waals surface area contributed by atoms with Crippen molar-refractivity contribution in [3.8, 4) is 0 Å². The monoisotopic (exact) mass is 244 g/mol. The van der Waals surface area contributed by atoms with E-state index in [1.807, 2.05) is 48.6 Å². The van der Waals surface area contributed by atoms with Crippen LogP contribution in [0.15, 0.2) is 40.4 Å². The van der Waals surface area contributed by atoms with Gasteiger partial charge in [0.25, 0.3) is 0 Å². The van der Waals surface area contributed by atoms with Gasteiger partial charge in [-0.05, 0) is 12.0 Å². The van der Waals surface area contributed by atoms with Gasteiger partial charge < -0.3 is 4.90 Å². The van der Waals surface area contributed by atoms with Crippen molar-refractivity contribution in [3.05, 3.63) is 35.9 Å². The quantitative estimate of drug-likeness (QED) is 0.759. The highest BCUT2D eigenvalue weighted by atomic mass is 15.6. The lowest BCUT2D eigenvalue weighted by Crippen LogP contribution is -2.31. The molecule has 4 nitrogen and oxygen atoms in total. The van der Waals surface area contributed by atoms with E-state index in [0.717, 1.165) is 37.6 Å². The third-order valence-corrected chi connectivity index (χ3v) is 2.93. The van der Waals surface area contributed by atoms with E-state index in [9.17, 15) is 0 Å². The molecule has 0 unspecified atom stereocenters. The van der Waals surface area contributed by atoms with E-state index in [-0.39, 0.29) is 0 Å². The number of nitrogens with zero attached hydrogens (tertiary/aromatic N) is 4. The lowest BCUT2D eigenvalue weighted by Gasteiger charge is -2.18. The first-order valence-electron chi connectivity index (χ1n) is 6.43. The Bertz CT molecular complexity index is 425. The molecule has 1 aromatic carbocycles. The first-order chi connectivity index (χ1) is 8.85. The van der Waals surface area contributed by atoms with Gasteiger partial charge in [-0.3, -0.25) is 4.99 Å². The first-order valence-corrected chi connectivity index (χ1v) is 6.43. The molecular formula is C14H20N4. The zero-order valence-electron chi connectivity index (χ0n) is 11.1. The second-order valence-corrected chi connectivity index (χ2v) is 4.29. The maximum Gasteiger partial charge on any atom is 0.217 e. The predicted molar refractivity (Wildman–Crippen MR) is 76.0 cm³/mol. The van der Waals surface area contributed by atoms with Crippen LogP contribution >= 0.6 is 0 Å². The number of hydrazone groups is 1. The third kappa shape index (κ3) is 2.88. The first kappa shape index (κ1) is 12.6. The van der Waals surface area contributed by atoms with E-state index >= 15 is 0 Å². The molecule has 0 aliphatic carbocycles. The smallest absolute Gasteiger partial charge is 0.217 e. The Morgan fingerprint density at radius 1 is 1.22 bits per heavy atom. The summed E-state index contributed by atoms with van der Waals surface area (Å²) in [6.07, 6.45) is 3.02. The Morgan fingerprint density at radius 2 is 2.00 bits per heavy atom. The van der Waals surface area contributed by atoms with Gasteiger partial charge in [-0.15, -0.1) is 0 Å². The van der Waals surface area contributed by atoms with Crippen LogP contribution in [0.5, 0.6) is 0 Å². The van der Waals surface area contributed by atoms with Crippen LogP contribution in [0.2, 0.25) is 0 Å². The van der Waals surface area contributed by atoms with E-state index in [1.165, 1.54) is 0 Å². The number of aliphatic imine (C=N–C) groups is 1. The summed E-state index contributed by atoms with van der Waals surface area (Å²) < 4.78 is 0. The molecule has 96 valence electrons. The van der Waals surface area contributed by atoms with Gasteiger partial charge in [-0.25, -0.2) is 5.01 Å². The van der Waals surface area contributed by atoms with Crippen molar-refractivity contribution in [1.29, 1.82) is 0 Å². The fraction of sp³-hybridized carbons (Fsp3) is 0.429. The van der Waals surface area contributed by atoms with Crippen LogP contribution in [-0.2, 0) is 0 Å². The minimum absolute atomic E-state index is 0.913. The molecule has 4 heteroatoms. The summed E-state index contributed by atoms with van der Waals surface area (Å²) in [7, 11) is 1.83. The zero-order valence-corrected chi connectivity index (χ0v) is 11.1. The molecule has 1 fully saturated rings. The molecular weight excluding hydrogens is 224 g/mol. The van der Waals surface area contributed by atoms with Crippen molar-refractivity contribution < 1.29 is 0 Å². The van der Waals surface area contributed by atoms with E-state index < -0.39 is 0 Å². The number of rotatable bonds is 4. The number of hydrogen-bond acceptors (Lipinski definition) is 2. The summed E-state index contributed by atoms with van der Waals surface area (Å²) in [6, 6.07) is 10.1. The Kier molecular flexibility index (Phi) is 4.34. The Hall–Kier alpha value is -1.84. The summed E-state index contributed by atoms with van der Waals surface area (Å²) in [5.41, 5.74) is 1.11. The molecule has 0 bridgehead atoms. The maximum absolute atomic E-state index is 4.51. The molecule has 0 N–H and O–H groups in total. The molecule has 2 rings (SSSR count). The molecule has 0 spiro atoms. The van der Waals surface area contributed by atoms with Crippen molar-refractivity contribution in [2.45, 2.75) is 13.3 Å². The van der Waals surface area contributed by atoms with Crippen LogP contribution in [0.1, 0.15) is 18.9 Å². The molecule has 1 saturated heterocycles. The molecule has 0 amide bonds. The average molecular weight is 244 g/mol. The Labute approximate surface area is 109 Å². The molecule has 0 saturated carbocycles. The topological polar surface area (TPSA) is 31.2 Å². The minimum atomic E-state index is 0.913. The minimum Gasteiger partial charge on any atom is -0.340 e. The second kappa shape index (κ2) is 6.19. The van der Waals surface area contributed by atoms with Gasteiger partial charge >= 0.3 is 0 Å². The van der Waals surface area contributed by atoms with E-state index in [0.29, 0.717) is 0 Å². The Balaban J connectivity index is 2.04. The largest absolute Gasteiger partial charge is 0.340 e. The molecule has 1 aliphatic rings. The summed E-state index contributed by atoms with van der Waals surface area (Å²) in [6.45, 7) is 5.15. The van der Waals surface area contributed by atoms with Crippen LogP contribution in [0, 0.1) is 0 Å². The van der Waals surface area contributed by atoms with Crippen LogP contribution in [0.3, 0.4) is 0 Å². The predicted octanol–water partition coefficient (Wildman–Crippen LogP) is 2.03. The van der Waals surface area contributed by atoms with E-state index in [1.54, 1.807) is 0 Å². The highest BCUT2D eigenvalue weighted by Crippen LogP contribution is 2.10. The molecule has 1 aliphatic heterocycles. The highest BCUT2D eigenvalue weighted by Gasteiger charge is 2.24. The van der Waals surface area contributed by atoms with Gasteiger partial charge in [0.15, 0.2) is 0 Å². The van der Waals surface area contributed by atoms with E-state index in [2.05, 4.69) is 21.9 Å². The van der Waals surface area contributed by atoms with E-state index in [4.69, 9.17) is 0 Å². The molecule has 0 radical (unpaired) electrons. The van der Waals surface area contributed by atoms with Gasteiger partial charge in [0.05, 0.1) is 12.8 Å². The van der Waals surface area contributed by atoms with Crippen molar-refractivity contribution >= 4 is 12.2 Å². The summed E-state index contributed by atoms with van der Waals surface area (Å²) in [4.78, 5) is 6.62. The van der Waals surface area contributed by atoms with Gasteiger partial charge in [0.1, 0.15) is 0 Å². The van der Waals surface area contributed by atoms with Crippen molar-refractivity contribution in [2.75, 3.05) is 26.7 Å². The fourth-order valence-corrected chi connectivity index (χ4v) is 2.10. The van der Waals surface area contributed by atoms with Gasteiger partial charge in [0.2, 0.25) is 5.96 Å². The summed E-state index contributed by atoms with van der Waals surface area (Å²) >= 11 is 0. The summed E-state index contributed by atoms with van der Waals surface area (Å²) in [5.74, 6) is 0.976. The number of guanidine groups is 1. The molecule has 1 heterocycles.